The highest BCUT2D eigenvalue weighted by Gasteiger charge is 2.29. The van der Waals surface area contributed by atoms with Gasteiger partial charge < -0.3 is 4.90 Å². The van der Waals surface area contributed by atoms with E-state index in [1.54, 1.807) is 10.9 Å². The molecular weight excluding hydrogens is 360 g/mol. The van der Waals surface area contributed by atoms with E-state index < -0.39 is 10.0 Å². The number of hydrogen-bond donors (Lipinski definition) is 1. The van der Waals surface area contributed by atoms with Crippen molar-refractivity contribution in [2.24, 2.45) is 0 Å². The Kier molecular flexibility index (Phi) is 7.19. The van der Waals surface area contributed by atoms with Gasteiger partial charge in [0.2, 0.25) is 10.0 Å². The highest BCUT2D eigenvalue weighted by atomic mass is 32.2. The number of nitrogens with one attached hydrogen (secondary N) is 1. The van der Waals surface area contributed by atoms with Gasteiger partial charge in [-0.15, -0.1) is 0 Å². The van der Waals surface area contributed by atoms with Crippen molar-refractivity contribution in [2.75, 3.05) is 26.2 Å². The van der Waals surface area contributed by atoms with Crippen molar-refractivity contribution in [2.45, 2.75) is 51.5 Å². The molecule has 1 aromatic heterocycles. The SMILES string of the molecule is CCN(CC)CCNS(=O)(=O)c1cn(Cc2ccccc2)nc1C(C)(C)C. The Hall–Kier alpha value is -1.70. The second-order valence-electron chi connectivity index (χ2n) is 7.70. The van der Waals surface area contributed by atoms with Crippen molar-refractivity contribution in [3.8, 4) is 0 Å². The van der Waals surface area contributed by atoms with Crippen LogP contribution in [0.2, 0.25) is 0 Å². The summed E-state index contributed by atoms with van der Waals surface area (Å²) in [4.78, 5) is 2.46. The Morgan fingerprint density at radius 3 is 2.30 bits per heavy atom. The Bertz CT molecular complexity index is 819. The van der Waals surface area contributed by atoms with E-state index in [9.17, 15) is 8.42 Å². The summed E-state index contributed by atoms with van der Waals surface area (Å²) in [6.07, 6.45) is 1.65. The fourth-order valence-corrected chi connectivity index (χ4v) is 4.30. The van der Waals surface area contributed by atoms with Crippen LogP contribution >= 0.6 is 0 Å². The van der Waals surface area contributed by atoms with Crippen LogP contribution in [0.5, 0.6) is 0 Å². The van der Waals surface area contributed by atoms with Crippen molar-refractivity contribution in [1.82, 2.24) is 19.4 Å². The van der Waals surface area contributed by atoms with Gasteiger partial charge in [0.25, 0.3) is 0 Å². The molecule has 0 radical (unpaired) electrons. The summed E-state index contributed by atoms with van der Waals surface area (Å²) in [7, 11) is -3.62. The summed E-state index contributed by atoms with van der Waals surface area (Å²) in [5.74, 6) is 0. The summed E-state index contributed by atoms with van der Waals surface area (Å²) in [6.45, 7) is 13.5. The molecule has 1 N–H and O–H groups in total. The van der Waals surface area contributed by atoms with Gasteiger partial charge in [-0.05, 0) is 18.7 Å². The van der Waals surface area contributed by atoms with Gasteiger partial charge >= 0.3 is 0 Å². The fraction of sp³-hybridized carbons (Fsp3) is 0.550. The molecule has 0 aliphatic carbocycles. The maximum absolute atomic E-state index is 12.9. The van der Waals surface area contributed by atoms with Gasteiger partial charge in [0.1, 0.15) is 4.90 Å². The van der Waals surface area contributed by atoms with Crippen LogP contribution < -0.4 is 4.72 Å². The van der Waals surface area contributed by atoms with Crippen LogP contribution in [-0.4, -0.2) is 49.3 Å². The predicted molar refractivity (Wildman–Crippen MR) is 109 cm³/mol. The molecule has 27 heavy (non-hydrogen) atoms. The zero-order valence-corrected chi connectivity index (χ0v) is 17.9. The maximum Gasteiger partial charge on any atom is 0.244 e. The van der Waals surface area contributed by atoms with Crippen LogP contribution in [0, 0.1) is 0 Å². The molecule has 150 valence electrons. The monoisotopic (exact) mass is 392 g/mol. The fourth-order valence-electron chi connectivity index (χ4n) is 2.93. The third kappa shape index (κ3) is 5.89. The minimum absolute atomic E-state index is 0.269. The Morgan fingerprint density at radius 1 is 1.11 bits per heavy atom. The van der Waals surface area contributed by atoms with E-state index in [1.807, 2.05) is 51.1 Å². The third-order valence-electron chi connectivity index (χ3n) is 4.53. The smallest absolute Gasteiger partial charge is 0.244 e. The molecule has 1 aromatic carbocycles. The molecule has 0 aliphatic rings. The van der Waals surface area contributed by atoms with E-state index in [-0.39, 0.29) is 10.3 Å². The second-order valence-corrected chi connectivity index (χ2v) is 9.44. The summed E-state index contributed by atoms with van der Waals surface area (Å²) in [5, 5.41) is 4.61. The van der Waals surface area contributed by atoms with Crippen molar-refractivity contribution < 1.29 is 8.42 Å². The van der Waals surface area contributed by atoms with Gasteiger partial charge in [0.15, 0.2) is 0 Å². The van der Waals surface area contributed by atoms with Gasteiger partial charge in [0.05, 0.1) is 12.2 Å². The van der Waals surface area contributed by atoms with Gasteiger partial charge in [-0.25, -0.2) is 13.1 Å². The molecule has 0 spiro atoms. The largest absolute Gasteiger partial charge is 0.303 e. The zero-order chi connectivity index (χ0) is 20.1. The molecular formula is C20H32N4O2S. The van der Waals surface area contributed by atoms with Crippen LogP contribution in [0.4, 0.5) is 0 Å². The van der Waals surface area contributed by atoms with Crippen LogP contribution in [0.3, 0.4) is 0 Å². The normalized spacial score (nSPS) is 12.7. The van der Waals surface area contributed by atoms with Crippen molar-refractivity contribution in [3.05, 3.63) is 47.8 Å². The lowest BCUT2D eigenvalue weighted by Crippen LogP contribution is -2.35. The first-order valence-electron chi connectivity index (χ1n) is 9.51. The molecule has 6 nitrogen and oxygen atoms in total. The van der Waals surface area contributed by atoms with Crippen LogP contribution in [0.15, 0.2) is 41.4 Å². The average Bonchev–Trinajstić information content (AvgIpc) is 3.05. The molecule has 0 amide bonds. The molecule has 1 heterocycles. The van der Waals surface area contributed by atoms with Gasteiger partial charge in [-0.3, -0.25) is 4.68 Å². The Morgan fingerprint density at radius 2 is 1.74 bits per heavy atom. The number of aromatic nitrogens is 2. The number of nitrogens with zero attached hydrogens (tertiary/aromatic N) is 3. The average molecular weight is 393 g/mol. The minimum Gasteiger partial charge on any atom is -0.303 e. The molecule has 0 fully saturated rings. The zero-order valence-electron chi connectivity index (χ0n) is 17.1. The van der Waals surface area contributed by atoms with Crippen LogP contribution in [0.1, 0.15) is 45.9 Å². The van der Waals surface area contributed by atoms with E-state index in [4.69, 9.17) is 0 Å². The molecule has 7 heteroatoms. The van der Waals surface area contributed by atoms with Gasteiger partial charge in [0, 0.05) is 24.7 Å². The molecule has 0 aliphatic heterocycles. The summed E-state index contributed by atoms with van der Waals surface area (Å²) in [6, 6.07) is 9.92. The summed E-state index contributed by atoms with van der Waals surface area (Å²) < 4.78 is 30.3. The topological polar surface area (TPSA) is 67.2 Å². The molecule has 0 saturated heterocycles. The lowest BCUT2D eigenvalue weighted by atomic mass is 9.92. The van der Waals surface area contributed by atoms with Crippen molar-refractivity contribution in [1.29, 1.82) is 0 Å². The Labute approximate surface area is 163 Å². The first kappa shape index (κ1) is 21.6. The number of likely N-dealkylation sites (N-methyl/N-ethyl adjacent to an activating group) is 1. The maximum atomic E-state index is 12.9. The number of rotatable bonds is 9. The second kappa shape index (κ2) is 8.99. The molecule has 0 atom stereocenters. The molecule has 0 unspecified atom stereocenters. The summed E-state index contributed by atoms with van der Waals surface area (Å²) in [5.41, 5.74) is 1.30. The third-order valence-corrected chi connectivity index (χ3v) is 5.99. The van der Waals surface area contributed by atoms with E-state index in [0.29, 0.717) is 25.3 Å². The van der Waals surface area contributed by atoms with Gasteiger partial charge in [-0.2, -0.15) is 5.10 Å². The van der Waals surface area contributed by atoms with Crippen LogP contribution in [0.25, 0.3) is 0 Å². The highest BCUT2D eigenvalue weighted by Crippen LogP contribution is 2.27. The Balaban J connectivity index is 2.25. The molecule has 2 aromatic rings. The van der Waals surface area contributed by atoms with Gasteiger partial charge in [-0.1, -0.05) is 65.0 Å². The molecule has 2 rings (SSSR count). The van der Waals surface area contributed by atoms with E-state index in [1.165, 1.54) is 0 Å². The summed E-state index contributed by atoms with van der Waals surface area (Å²) >= 11 is 0. The molecule has 0 bridgehead atoms. The molecule has 0 saturated carbocycles. The first-order chi connectivity index (χ1) is 12.7. The lowest BCUT2D eigenvalue weighted by molar-refractivity contribution is 0.309. The van der Waals surface area contributed by atoms with Crippen LogP contribution in [-0.2, 0) is 22.0 Å². The van der Waals surface area contributed by atoms with Crippen molar-refractivity contribution >= 4 is 10.0 Å². The predicted octanol–water partition coefficient (Wildman–Crippen LogP) is 2.85. The van der Waals surface area contributed by atoms with Crippen molar-refractivity contribution in [3.63, 3.8) is 0 Å². The highest BCUT2D eigenvalue weighted by molar-refractivity contribution is 7.89. The number of benzene rings is 1. The lowest BCUT2D eigenvalue weighted by Gasteiger charge is -2.19. The number of hydrogen-bond acceptors (Lipinski definition) is 4. The first-order valence-corrected chi connectivity index (χ1v) is 11.0. The quantitative estimate of drug-likeness (QED) is 0.713. The minimum atomic E-state index is -3.62. The van der Waals surface area contributed by atoms with E-state index >= 15 is 0 Å². The van der Waals surface area contributed by atoms with E-state index in [0.717, 1.165) is 18.7 Å². The number of sulfonamides is 1. The standard InChI is InChI=1S/C20H32N4O2S/c1-6-23(7-2)14-13-21-27(25,26)18-16-24(22-19(18)20(3,4)5)15-17-11-9-8-10-12-17/h8-12,16,21H,6-7,13-15H2,1-5H3. The van der Waals surface area contributed by atoms with E-state index in [2.05, 4.69) is 28.6 Å².